The number of anilines is 5. The number of nitrogens with one attached hydrogen (secondary N) is 2. The second-order valence-electron chi connectivity index (χ2n) is 7.99. The van der Waals surface area contributed by atoms with Gasteiger partial charge in [-0.05, 0) is 84.9 Å². The van der Waals surface area contributed by atoms with E-state index >= 15 is 0 Å². The molecule has 1 amide bonds. The molecule has 5 rings (SSSR count). The Morgan fingerprint density at radius 2 is 1.38 bits per heavy atom. The highest BCUT2D eigenvalue weighted by Crippen LogP contribution is 2.27. The minimum absolute atomic E-state index is 0.122. The number of pyridine rings is 2. The molecule has 186 valence electrons. The molecule has 0 radical (unpaired) electrons. The topological polar surface area (TPSA) is 70.2 Å². The molecule has 0 unspecified atom stereocenters. The van der Waals surface area contributed by atoms with Crippen molar-refractivity contribution in [2.75, 3.05) is 22.6 Å². The summed E-state index contributed by atoms with van der Waals surface area (Å²) >= 11 is 0. The number of carbonyl (C=O) groups excluding carboxylic acids is 1. The van der Waals surface area contributed by atoms with Crippen LogP contribution in [-0.2, 0) is 0 Å². The predicted molar refractivity (Wildman–Crippen MR) is 149 cm³/mol. The van der Waals surface area contributed by atoms with Gasteiger partial charge in [-0.15, -0.1) is 0 Å². The van der Waals surface area contributed by atoms with Gasteiger partial charge in [0.25, 0.3) is 5.91 Å². The second-order valence-corrected chi connectivity index (χ2v) is 7.99. The van der Waals surface area contributed by atoms with E-state index in [-0.39, 0.29) is 11.7 Å². The third-order valence-electron chi connectivity index (χ3n) is 5.64. The highest BCUT2D eigenvalue weighted by atomic mass is 19.1. The summed E-state index contributed by atoms with van der Waals surface area (Å²) in [4.78, 5) is 22.9. The van der Waals surface area contributed by atoms with Gasteiger partial charge in [0.1, 0.15) is 5.82 Å². The number of hydrogen-bond acceptors (Lipinski definition) is 5. The van der Waals surface area contributed by atoms with Crippen LogP contribution in [0.4, 0.5) is 32.8 Å². The Kier molecular flexibility index (Phi) is 8.05. The van der Waals surface area contributed by atoms with Gasteiger partial charge in [-0.2, -0.15) is 0 Å². The minimum atomic E-state index is -0.321. The number of aromatic nitrogens is 2. The number of fused-ring (bicyclic) bond motifs is 1. The molecule has 6 nitrogen and oxygen atoms in total. The molecule has 0 spiro atoms. The van der Waals surface area contributed by atoms with E-state index in [1.807, 2.05) is 62.4 Å². The number of rotatable bonds is 6. The van der Waals surface area contributed by atoms with Crippen LogP contribution >= 0.6 is 0 Å². The van der Waals surface area contributed by atoms with Crippen molar-refractivity contribution in [2.45, 2.75) is 13.8 Å². The summed E-state index contributed by atoms with van der Waals surface area (Å²) in [6.07, 6.45) is 5.12. The van der Waals surface area contributed by atoms with Crippen LogP contribution < -0.4 is 15.5 Å². The molecular weight excluding hydrogens is 465 g/mol. The zero-order chi connectivity index (χ0) is 26.2. The van der Waals surface area contributed by atoms with E-state index in [1.54, 1.807) is 54.8 Å². The van der Waals surface area contributed by atoms with Crippen LogP contribution in [0.5, 0.6) is 0 Å². The Balaban J connectivity index is 0.00000156. The molecule has 0 aliphatic heterocycles. The van der Waals surface area contributed by atoms with Gasteiger partial charge in [0.15, 0.2) is 0 Å². The van der Waals surface area contributed by atoms with Crippen LogP contribution in [0.3, 0.4) is 0 Å². The van der Waals surface area contributed by atoms with Gasteiger partial charge in [-0.25, -0.2) is 4.39 Å². The maximum absolute atomic E-state index is 13.7. The van der Waals surface area contributed by atoms with Gasteiger partial charge in [-0.1, -0.05) is 13.8 Å². The molecule has 2 N–H and O–H groups in total. The smallest absolute Gasteiger partial charge is 0.258 e. The van der Waals surface area contributed by atoms with Gasteiger partial charge in [0.05, 0.1) is 5.52 Å². The predicted octanol–water partition coefficient (Wildman–Crippen LogP) is 7.56. The molecule has 5 aromatic rings. The van der Waals surface area contributed by atoms with E-state index in [2.05, 4.69) is 20.6 Å². The highest BCUT2D eigenvalue weighted by Gasteiger charge is 2.14. The summed E-state index contributed by atoms with van der Waals surface area (Å²) in [7, 11) is 1.75. The minimum Gasteiger partial charge on any atom is -0.355 e. The largest absolute Gasteiger partial charge is 0.355 e. The van der Waals surface area contributed by atoms with Crippen molar-refractivity contribution in [3.05, 3.63) is 115 Å². The Labute approximate surface area is 215 Å². The highest BCUT2D eigenvalue weighted by molar-refractivity contribution is 6.06. The van der Waals surface area contributed by atoms with Crippen molar-refractivity contribution in [1.29, 1.82) is 0 Å². The van der Waals surface area contributed by atoms with Crippen LogP contribution in [0.25, 0.3) is 10.9 Å². The van der Waals surface area contributed by atoms with Gasteiger partial charge >= 0.3 is 0 Å². The number of halogens is 1. The SMILES string of the molecule is CC.CN(C(=O)c1ccc(Nc2ccnc3ccc(F)cc23)cc1)c1ccc(Nc2ccncc2)cc1. The monoisotopic (exact) mass is 493 g/mol. The van der Waals surface area contributed by atoms with E-state index in [1.165, 1.54) is 12.1 Å². The van der Waals surface area contributed by atoms with E-state index in [0.29, 0.717) is 16.5 Å². The second kappa shape index (κ2) is 11.8. The first kappa shape index (κ1) is 25.3. The molecule has 2 heterocycles. The zero-order valence-electron chi connectivity index (χ0n) is 20.9. The number of benzene rings is 3. The first-order valence-corrected chi connectivity index (χ1v) is 12.0. The maximum Gasteiger partial charge on any atom is 0.258 e. The summed E-state index contributed by atoms with van der Waals surface area (Å²) in [6.45, 7) is 4.00. The molecule has 37 heavy (non-hydrogen) atoms. The Morgan fingerprint density at radius 1 is 0.757 bits per heavy atom. The quantitative estimate of drug-likeness (QED) is 0.255. The first-order chi connectivity index (χ1) is 18.1. The number of nitrogens with zero attached hydrogens (tertiary/aromatic N) is 3. The van der Waals surface area contributed by atoms with Gasteiger partial charge in [0, 0.05) is 65.0 Å². The average molecular weight is 494 g/mol. The number of carbonyl (C=O) groups is 1. The van der Waals surface area contributed by atoms with Crippen molar-refractivity contribution < 1.29 is 9.18 Å². The van der Waals surface area contributed by atoms with E-state index in [4.69, 9.17) is 0 Å². The fraction of sp³-hybridized carbons (Fsp3) is 0.100. The summed E-state index contributed by atoms with van der Waals surface area (Å²) in [5, 5.41) is 7.27. The first-order valence-electron chi connectivity index (χ1n) is 12.0. The fourth-order valence-corrected chi connectivity index (χ4v) is 3.76. The molecule has 0 aliphatic rings. The standard InChI is InChI=1S/C28H22FN5O.C2H6/c1-34(24-9-7-21(8-10-24)32-23-12-15-30-16-13-23)28(35)19-2-5-22(6-3-19)33-27-14-17-31-26-11-4-20(29)18-25(26)27;1-2/h2-18H,1H3,(H,30,32)(H,31,33);1-2H3. The lowest BCUT2D eigenvalue weighted by molar-refractivity contribution is 0.0993. The lowest BCUT2D eigenvalue weighted by Crippen LogP contribution is -2.26. The molecule has 0 bridgehead atoms. The van der Waals surface area contributed by atoms with Crippen LogP contribution in [0.1, 0.15) is 24.2 Å². The molecule has 2 aromatic heterocycles. The third kappa shape index (κ3) is 6.08. The van der Waals surface area contributed by atoms with Crippen molar-refractivity contribution in [3.63, 3.8) is 0 Å². The van der Waals surface area contributed by atoms with E-state index < -0.39 is 0 Å². The molecule has 0 saturated heterocycles. The normalized spacial score (nSPS) is 10.3. The van der Waals surface area contributed by atoms with Gasteiger partial charge in [0.2, 0.25) is 0 Å². The zero-order valence-corrected chi connectivity index (χ0v) is 20.9. The molecular formula is C30H28FN5O. The molecule has 3 aromatic carbocycles. The molecule has 7 heteroatoms. The Bertz CT molecular complexity index is 1470. The van der Waals surface area contributed by atoms with Gasteiger partial charge < -0.3 is 15.5 Å². The fourth-order valence-electron chi connectivity index (χ4n) is 3.76. The average Bonchev–Trinajstić information content (AvgIpc) is 2.95. The maximum atomic E-state index is 13.7. The Morgan fingerprint density at radius 3 is 2.08 bits per heavy atom. The molecule has 0 atom stereocenters. The summed E-state index contributed by atoms with van der Waals surface area (Å²) in [5.74, 6) is -0.443. The van der Waals surface area contributed by atoms with Crippen LogP contribution in [0, 0.1) is 5.82 Å². The van der Waals surface area contributed by atoms with Crippen molar-refractivity contribution >= 4 is 45.2 Å². The Hall–Kier alpha value is -4.78. The van der Waals surface area contributed by atoms with Crippen LogP contribution in [-0.4, -0.2) is 22.9 Å². The van der Waals surface area contributed by atoms with Crippen molar-refractivity contribution in [3.8, 4) is 0 Å². The molecule has 0 saturated carbocycles. The summed E-state index contributed by atoms with van der Waals surface area (Å²) < 4.78 is 13.7. The summed E-state index contributed by atoms with van der Waals surface area (Å²) in [6, 6.07) is 24.9. The van der Waals surface area contributed by atoms with Crippen molar-refractivity contribution in [1.82, 2.24) is 9.97 Å². The number of hydrogen-bond donors (Lipinski definition) is 2. The molecule has 0 aliphatic carbocycles. The lowest BCUT2D eigenvalue weighted by Gasteiger charge is -2.18. The lowest BCUT2D eigenvalue weighted by atomic mass is 10.1. The molecule has 0 fully saturated rings. The van der Waals surface area contributed by atoms with Crippen molar-refractivity contribution in [2.24, 2.45) is 0 Å². The van der Waals surface area contributed by atoms with E-state index in [9.17, 15) is 9.18 Å². The van der Waals surface area contributed by atoms with Gasteiger partial charge in [-0.3, -0.25) is 14.8 Å². The van der Waals surface area contributed by atoms with E-state index in [0.717, 1.165) is 28.4 Å². The van der Waals surface area contributed by atoms with Crippen LogP contribution in [0.15, 0.2) is 104 Å². The summed E-state index contributed by atoms with van der Waals surface area (Å²) in [5.41, 5.74) is 5.42. The number of amides is 1. The third-order valence-corrected chi connectivity index (χ3v) is 5.64. The van der Waals surface area contributed by atoms with Crippen LogP contribution in [0.2, 0.25) is 0 Å².